The Morgan fingerprint density at radius 1 is 1.40 bits per heavy atom. The highest BCUT2D eigenvalue weighted by molar-refractivity contribution is 5.85. The van der Waals surface area contributed by atoms with Gasteiger partial charge in [0, 0.05) is 31.7 Å². The van der Waals surface area contributed by atoms with Gasteiger partial charge in [-0.3, -0.25) is 4.79 Å². The molecule has 2 aliphatic rings. The zero-order valence-corrected chi connectivity index (χ0v) is 9.98. The third kappa shape index (κ3) is 2.83. The van der Waals surface area contributed by atoms with Gasteiger partial charge in [0.05, 0.1) is 5.92 Å². The van der Waals surface area contributed by atoms with Crippen molar-refractivity contribution in [3.05, 3.63) is 0 Å². The number of nitrogens with one attached hydrogen (secondary N) is 1. The van der Waals surface area contributed by atoms with Crippen LogP contribution in [0, 0.1) is 5.92 Å². The number of nitrogens with zero attached hydrogens (tertiary/aromatic N) is 1. The zero-order valence-electron chi connectivity index (χ0n) is 9.16. The average molecular weight is 234 g/mol. The Balaban J connectivity index is 0.00000112. The molecule has 2 fully saturated rings. The van der Waals surface area contributed by atoms with Crippen LogP contribution in [0.3, 0.4) is 0 Å². The number of rotatable bonds is 1. The molecule has 0 aromatic rings. The summed E-state index contributed by atoms with van der Waals surface area (Å²) in [5, 5.41) is 3.13. The van der Waals surface area contributed by atoms with Crippen molar-refractivity contribution in [2.75, 3.05) is 26.2 Å². The molecule has 88 valence electrons. The van der Waals surface area contributed by atoms with Crippen LogP contribution in [-0.2, 0) is 4.79 Å². The fourth-order valence-corrected chi connectivity index (χ4v) is 1.96. The van der Waals surface area contributed by atoms with E-state index >= 15 is 0 Å². The number of carbonyl (C=O) groups excluding carboxylic acids is 1. The van der Waals surface area contributed by atoms with E-state index in [4.69, 9.17) is 5.73 Å². The Hall–Kier alpha value is -0.320. The lowest BCUT2D eigenvalue weighted by Gasteiger charge is -2.39. The van der Waals surface area contributed by atoms with Crippen molar-refractivity contribution >= 4 is 18.3 Å². The van der Waals surface area contributed by atoms with Crippen LogP contribution in [0.5, 0.6) is 0 Å². The van der Waals surface area contributed by atoms with Crippen LogP contribution in [0.2, 0.25) is 0 Å². The van der Waals surface area contributed by atoms with Gasteiger partial charge in [-0.2, -0.15) is 0 Å². The van der Waals surface area contributed by atoms with E-state index in [1.54, 1.807) is 0 Å². The summed E-state index contributed by atoms with van der Waals surface area (Å²) < 4.78 is 0. The molecule has 0 aliphatic carbocycles. The maximum atomic E-state index is 11.8. The van der Waals surface area contributed by atoms with E-state index in [0.29, 0.717) is 5.91 Å². The van der Waals surface area contributed by atoms with E-state index in [2.05, 4.69) is 12.2 Å². The molecule has 0 aromatic carbocycles. The van der Waals surface area contributed by atoms with Gasteiger partial charge in [0.15, 0.2) is 0 Å². The number of amides is 1. The maximum Gasteiger partial charge on any atom is 0.228 e. The molecule has 0 atom stereocenters. The third-order valence-corrected chi connectivity index (χ3v) is 3.35. The molecule has 0 aromatic heterocycles. The third-order valence-electron chi connectivity index (χ3n) is 3.35. The average Bonchev–Trinajstić information content (AvgIpc) is 2.00. The molecule has 2 rings (SSSR count). The molecule has 3 N–H and O–H groups in total. The second kappa shape index (κ2) is 4.68. The second-order valence-corrected chi connectivity index (χ2v) is 4.83. The first-order chi connectivity index (χ1) is 6.58. The van der Waals surface area contributed by atoms with Crippen LogP contribution in [0.15, 0.2) is 0 Å². The number of carbonyl (C=O) groups is 1. The van der Waals surface area contributed by atoms with Crippen molar-refractivity contribution in [3.8, 4) is 0 Å². The monoisotopic (exact) mass is 233 g/mol. The highest BCUT2D eigenvalue weighted by Crippen LogP contribution is 2.20. The predicted molar refractivity (Wildman–Crippen MR) is 62.0 cm³/mol. The van der Waals surface area contributed by atoms with E-state index in [1.165, 1.54) is 0 Å². The summed E-state index contributed by atoms with van der Waals surface area (Å²) in [6.45, 7) is 5.45. The van der Waals surface area contributed by atoms with E-state index in [0.717, 1.165) is 39.0 Å². The van der Waals surface area contributed by atoms with E-state index in [9.17, 15) is 4.79 Å². The van der Waals surface area contributed by atoms with Crippen LogP contribution in [0.4, 0.5) is 0 Å². The smallest absolute Gasteiger partial charge is 0.228 e. The molecule has 4 nitrogen and oxygen atoms in total. The van der Waals surface area contributed by atoms with Gasteiger partial charge in [0.2, 0.25) is 5.91 Å². The zero-order chi connectivity index (χ0) is 10.2. The standard InChI is InChI=1S/C10H19N3O.ClH/c1-10(11)2-4-13(5-3-10)9(14)8-6-12-7-8;/h8,12H,2-7,11H2,1H3;1H. The van der Waals surface area contributed by atoms with Gasteiger partial charge in [0.1, 0.15) is 0 Å². The Morgan fingerprint density at radius 2 is 1.93 bits per heavy atom. The van der Waals surface area contributed by atoms with Crippen molar-refractivity contribution < 1.29 is 4.79 Å². The lowest BCUT2D eigenvalue weighted by molar-refractivity contribution is -0.138. The minimum absolute atomic E-state index is 0. The van der Waals surface area contributed by atoms with Crippen LogP contribution < -0.4 is 11.1 Å². The number of piperidine rings is 1. The molecule has 1 amide bonds. The molecular formula is C10H20ClN3O. The van der Waals surface area contributed by atoms with Crippen molar-refractivity contribution in [3.63, 3.8) is 0 Å². The van der Waals surface area contributed by atoms with Gasteiger partial charge in [-0.05, 0) is 19.8 Å². The van der Waals surface area contributed by atoms with Crippen LogP contribution in [-0.4, -0.2) is 42.5 Å². The highest BCUT2D eigenvalue weighted by atomic mass is 35.5. The second-order valence-electron chi connectivity index (χ2n) is 4.83. The topological polar surface area (TPSA) is 58.4 Å². The van der Waals surface area contributed by atoms with Crippen molar-refractivity contribution in [2.45, 2.75) is 25.3 Å². The van der Waals surface area contributed by atoms with Gasteiger partial charge in [0.25, 0.3) is 0 Å². The van der Waals surface area contributed by atoms with Crippen LogP contribution in [0.1, 0.15) is 19.8 Å². The van der Waals surface area contributed by atoms with E-state index < -0.39 is 0 Å². The molecule has 5 heteroatoms. The van der Waals surface area contributed by atoms with E-state index in [-0.39, 0.29) is 23.9 Å². The quantitative estimate of drug-likeness (QED) is 0.669. The highest BCUT2D eigenvalue weighted by Gasteiger charge is 2.33. The van der Waals surface area contributed by atoms with E-state index in [1.807, 2.05) is 4.90 Å². The molecule has 2 heterocycles. The predicted octanol–water partition coefficient (Wildman–Crippen LogP) is -0.0326. The first kappa shape index (κ1) is 12.7. The first-order valence-electron chi connectivity index (χ1n) is 5.37. The SMILES string of the molecule is CC1(N)CCN(C(=O)C2CNC2)CC1.Cl. The van der Waals surface area contributed by atoms with Crippen molar-refractivity contribution in [2.24, 2.45) is 11.7 Å². The van der Waals surface area contributed by atoms with Gasteiger partial charge in [-0.1, -0.05) is 0 Å². The Labute approximate surface area is 97.0 Å². The van der Waals surface area contributed by atoms with Crippen molar-refractivity contribution in [1.82, 2.24) is 10.2 Å². The van der Waals surface area contributed by atoms with Crippen LogP contribution in [0.25, 0.3) is 0 Å². The lowest BCUT2D eigenvalue weighted by atomic mass is 9.90. The van der Waals surface area contributed by atoms with Gasteiger partial charge in [-0.25, -0.2) is 0 Å². The summed E-state index contributed by atoms with van der Waals surface area (Å²) in [5.41, 5.74) is 5.95. The number of hydrogen-bond donors (Lipinski definition) is 2. The van der Waals surface area contributed by atoms with Gasteiger partial charge in [-0.15, -0.1) is 12.4 Å². The summed E-state index contributed by atoms with van der Waals surface area (Å²) in [7, 11) is 0. The number of halogens is 1. The molecule has 2 saturated heterocycles. The number of likely N-dealkylation sites (tertiary alicyclic amines) is 1. The fraction of sp³-hybridized carbons (Fsp3) is 0.900. The normalized spacial score (nSPS) is 25.3. The maximum absolute atomic E-state index is 11.8. The minimum atomic E-state index is -0.0609. The molecule has 0 bridgehead atoms. The molecule has 0 spiro atoms. The fourth-order valence-electron chi connectivity index (χ4n) is 1.96. The Morgan fingerprint density at radius 3 is 2.33 bits per heavy atom. The molecule has 15 heavy (non-hydrogen) atoms. The van der Waals surface area contributed by atoms with Gasteiger partial charge < -0.3 is 16.0 Å². The van der Waals surface area contributed by atoms with Gasteiger partial charge >= 0.3 is 0 Å². The summed E-state index contributed by atoms with van der Waals surface area (Å²) in [5.74, 6) is 0.552. The molecule has 2 aliphatic heterocycles. The molecule has 0 radical (unpaired) electrons. The van der Waals surface area contributed by atoms with Crippen molar-refractivity contribution in [1.29, 1.82) is 0 Å². The summed E-state index contributed by atoms with van der Waals surface area (Å²) in [6, 6.07) is 0. The molecular weight excluding hydrogens is 214 g/mol. The number of hydrogen-bond acceptors (Lipinski definition) is 3. The number of nitrogens with two attached hydrogens (primary N) is 1. The van der Waals surface area contributed by atoms with Crippen LogP contribution >= 0.6 is 12.4 Å². The molecule has 0 saturated carbocycles. The largest absolute Gasteiger partial charge is 0.342 e. The first-order valence-corrected chi connectivity index (χ1v) is 5.37. The summed E-state index contributed by atoms with van der Waals surface area (Å²) in [6.07, 6.45) is 1.86. The summed E-state index contributed by atoms with van der Waals surface area (Å²) in [4.78, 5) is 13.8. The minimum Gasteiger partial charge on any atom is -0.342 e. The Kier molecular flexibility index (Phi) is 3.98. The Bertz CT molecular complexity index is 231. The lowest BCUT2D eigenvalue weighted by Crippen LogP contribution is -2.56. The summed E-state index contributed by atoms with van der Waals surface area (Å²) >= 11 is 0. The molecule has 0 unspecified atom stereocenters.